The first kappa shape index (κ1) is 31.2. The Morgan fingerprint density at radius 1 is 0.800 bits per heavy atom. The van der Waals surface area contributed by atoms with Crippen molar-refractivity contribution in [1.82, 2.24) is 5.01 Å². The van der Waals surface area contributed by atoms with Gasteiger partial charge in [0.1, 0.15) is 12.5 Å². The summed E-state index contributed by atoms with van der Waals surface area (Å²) in [5.74, 6) is -5.73. The van der Waals surface area contributed by atoms with Gasteiger partial charge in [-0.3, -0.25) is 34.1 Å². The highest BCUT2D eigenvalue weighted by Gasteiger charge is 2.47. The highest BCUT2D eigenvalue weighted by molar-refractivity contribution is 5.70. The summed E-state index contributed by atoms with van der Waals surface area (Å²) in [5.41, 5.74) is 0. The van der Waals surface area contributed by atoms with Gasteiger partial charge in [-0.1, -0.05) is 0 Å². The third-order valence-corrected chi connectivity index (χ3v) is 3.96. The second-order valence-corrected chi connectivity index (χ2v) is 7.46. The van der Waals surface area contributed by atoms with Gasteiger partial charge in [0.05, 0.1) is 0 Å². The third-order valence-electron chi connectivity index (χ3n) is 3.96. The quantitative estimate of drug-likeness (QED) is 0.0985. The maximum atomic E-state index is 12.0. The molecule has 0 aliphatic heterocycles. The highest BCUT2D eigenvalue weighted by Crippen LogP contribution is 2.24. The van der Waals surface area contributed by atoms with E-state index in [1.54, 1.807) is 0 Å². The number of hydrogen-bond acceptors (Lipinski definition) is 14. The number of nitrogens with zero attached hydrogens (tertiary/aromatic N) is 3. The Hall–Kier alpha value is -3.78. The van der Waals surface area contributed by atoms with Crippen LogP contribution in [-0.2, 0) is 47.7 Å². The van der Waals surface area contributed by atoms with E-state index in [-0.39, 0.29) is 0 Å². The summed E-state index contributed by atoms with van der Waals surface area (Å²) in [7, 11) is 3.06. The van der Waals surface area contributed by atoms with Gasteiger partial charge in [-0.25, -0.2) is 0 Å². The molecular formula is C20H31N3O12. The lowest BCUT2D eigenvalue weighted by molar-refractivity contribution is -0.487. The molecule has 15 nitrogen and oxygen atoms in total. The minimum Gasteiger partial charge on any atom is -0.462 e. The second-order valence-electron chi connectivity index (χ2n) is 7.46. The van der Waals surface area contributed by atoms with Gasteiger partial charge in [-0.2, -0.15) is 5.10 Å². The summed E-state index contributed by atoms with van der Waals surface area (Å²) in [5, 5.41) is 16.6. The van der Waals surface area contributed by atoms with Crippen LogP contribution in [0.4, 0.5) is 0 Å². The number of hydrogen-bond donors (Lipinski definition) is 0. The van der Waals surface area contributed by atoms with Gasteiger partial charge in [0.15, 0.2) is 24.4 Å². The van der Waals surface area contributed by atoms with E-state index in [4.69, 9.17) is 23.7 Å². The minimum absolute atomic E-state index is 0.636. The van der Waals surface area contributed by atoms with Gasteiger partial charge in [0.25, 0.3) is 0 Å². The molecule has 15 heteroatoms. The van der Waals surface area contributed by atoms with Gasteiger partial charge < -0.3 is 28.7 Å². The van der Waals surface area contributed by atoms with Crippen LogP contribution in [0.1, 0.15) is 34.6 Å². The largest absolute Gasteiger partial charge is 0.462 e. The molecule has 0 bridgehead atoms. The number of nitro groups is 1. The first-order valence-electron chi connectivity index (χ1n) is 10.3. The van der Waals surface area contributed by atoms with E-state index < -0.39 is 78.3 Å². The lowest BCUT2D eigenvalue weighted by atomic mass is 9.92. The molecule has 35 heavy (non-hydrogen) atoms. The van der Waals surface area contributed by atoms with Crippen LogP contribution in [0.3, 0.4) is 0 Å². The molecule has 5 atom stereocenters. The Kier molecular flexibility index (Phi) is 13.5. The molecule has 0 aliphatic rings. The molecule has 0 rings (SSSR count). The van der Waals surface area contributed by atoms with Crippen molar-refractivity contribution >= 4 is 36.1 Å². The molecule has 0 aromatic carbocycles. The number of rotatable bonds is 14. The predicted molar refractivity (Wildman–Crippen MR) is 116 cm³/mol. The van der Waals surface area contributed by atoms with Crippen LogP contribution in [0.15, 0.2) is 5.10 Å². The smallest absolute Gasteiger partial charge is 0.303 e. The summed E-state index contributed by atoms with van der Waals surface area (Å²) in [6.07, 6.45) is -5.51. The third kappa shape index (κ3) is 13.5. The lowest BCUT2D eigenvalue weighted by Gasteiger charge is -2.36. The van der Waals surface area contributed by atoms with Crippen molar-refractivity contribution in [3.63, 3.8) is 0 Å². The molecule has 0 aliphatic carbocycles. The fourth-order valence-corrected chi connectivity index (χ4v) is 2.88. The molecule has 0 heterocycles. The molecule has 0 spiro atoms. The number of carbonyl (C=O) groups excluding carboxylic acids is 5. The van der Waals surface area contributed by atoms with Crippen LogP contribution in [0.2, 0.25) is 0 Å². The fourth-order valence-electron chi connectivity index (χ4n) is 2.88. The van der Waals surface area contributed by atoms with E-state index in [1.807, 2.05) is 0 Å². The topological polar surface area (TPSA) is 190 Å². The average Bonchev–Trinajstić information content (AvgIpc) is 2.68. The number of hydrazone groups is 1. The Bertz CT molecular complexity index is 813. The Morgan fingerprint density at radius 3 is 1.66 bits per heavy atom. The van der Waals surface area contributed by atoms with E-state index in [0.717, 1.165) is 40.8 Å². The number of carbonyl (C=O) groups is 5. The molecule has 198 valence electrons. The normalized spacial score (nSPS) is 15.1. The van der Waals surface area contributed by atoms with Crippen molar-refractivity contribution < 1.29 is 52.6 Å². The first-order chi connectivity index (χ1) is 16.1. The van der Waals surface area contributed by atoms with Crippen LogP contribution < -0.4 is 0 Å². The van der Waals surface area contributed by atoms with E-state index in [1.165, 1.54) is 19.1 Å². The van der Waals surface area contributed by atoms with Crippen LogP contribution in [0.5, 0.6) is 0 Å². The molecule has 0 saturated carbocycles. The van der Waals surface area contributed by atoms with E-state index in [0.29, 0.717) is 0 Å². The van der Waals surface area contributed by atoms with Gasteiger partial charge in [-0.15, -0.1) is 0 Å². The monoisotopic (exact) mass is 505 g/mol. The van der Waals surface area contributed by atoms with Crippen molar-refractivity contribution in [2.75, 3.05) is 27.2 Å². The van der Waals surface area contributed by atoms with Crippen LogP contribution >= 0.6 is 0 Å². The van der Waals surface area contributed by atoms with Crippen LogP contribution in [0.25, 0.3) is 0 Å². The van der Waals surface area contributed by atoms with Crippen LogP contribution in [0, 0.1) is 16.0 Å². The van der Waals surface area contributed by atoms with E-state index >= 15 is 0 Å². The standard InChI is InChI=1S/C20H31N3O12/c1-11(24)31-10-17(32-12(2)25)19(34-14(4)27)20(35-15(5)28)18(33-13(3)26)16(9-23(29)30)8-21-22(6)7/h8,16-20H,9-10H2,1-7H3/b21-8+/t16?,17-,18+,19+,20-/m1/s1. The van der Waals surface area contributed by atoms with E-state index in [9.17, 15) is 34.1 Å². The number of ether oxygens (including phenoxy) is 5. The second kappa shape index (κ2) is 15.2. The van der Waals surface area contributed by atoms with Crippen LogP contribution in [-0.4, -0.2) is 97.7 Å². The van der Waals surface area contributed by atoms with Crippen molar-refractivity contribution in [3.05, 3.63) is 10.1 Å². The highest BCUT2D eigenvalue weighted by atomic mass is 16.6. The zero-order valence-electron chi connectivity index (χ0n) is 20.6. The summed E-state index contributed by atoms with van der Waals surface area (Å²) < 4.78 is 25.9. The summed E-state index contributed by atoms with van der Waals surface area (Å²) in [6, 6.07) is 0. The molecule has 0 saturated heterocycles. The van der Waals surface area contributed by atoms with Crippen molar-refractivity contribution in [1.29, 1.82) is 0 Å². The molecular weight excluding hydrogens is 474 g/mol. The fraction of sp³-hybridized carbons (Fsp3) is 0.700. The Morgan fingerprint density at radius 2 is 1.26 bits per heavy atom. The van der Waals surface area contributed by atoms with Gasteiger partial charge >= 0.3 is 29.8 Å². The molecule has 1 unspecified atom stereocenters. The molecule has 0 aromatic rings. The predicted octanol–water partition coefficient (Wildman–Crippen LogP) is -0.283. The number of esters is 5. The molecule has 0 N–H and O–H groups in total. The minimum atomic E-state index is -1.74. The summed E-state index contributed by atoms with van der Waals surface area (Å²) in [6.45, 7) is 3.62. The Balaban J connectivity index is 6.84. The molecule has 0 fully saturated rings. The molecule has 0 amide bonds. The van der Waals surface area contributed by atoms with Gasteiger partial charge in [-0.05, 0) is 0 Å². The zero-order valence-corrected chi connectivity index (χ0v) is 20.6. The van der Waals surface area contributed by atoms with Gasteiger partial charge in [0, 0.05) is 59.9 Å². The Labute approximate surface area is 201 Å². The molecule has 0 aromatic heterocycles. The average molecular weight is 505 g/mol. The lowest BCUT2D eigenvalue weighted by Crippen LogP contribution is -2.56. The first-order valence-corrected chi connectivity index (χ1v) is 10.3. The summed E-state index contributed by atoms with van der Waals surface area (Å²) in [4.78, 5) is 69.6. The summed E-state index contributed by atoms with van der Waals surface area (Å²) >= 11 is 0. The van der Waals surface area contributed by atoms with Crippen molar-refractivity contribution in [3.8, 4) is 0 Å². The maximum Gasteiger partial charge on any atom is 0.303 e. The van der Waals surface area contributed by atoms with Crippen molar-refractivity contribution in [2.24, 2.45) is 11.0 Å². The molecule has 0 radical (unpaired) electrons. The zero-order chi connectivity index (χ0) is 27.3. The van der Waals surface area contributed by atoms with Crippen molar-refractivity contribution in [2.45, 2.75) is 59.0 Å². The van der Waals surface area contributed by atoms with E-state index in [2.05, 4.69) is 5.10 Å². The SMILES string of the molecule is CC(=O)OC[C@@H](OC(C)=O)[C@H](OC(C)=O)[C@H](OC(C)=O)[C@@H](OC(C)=O)C(/C=N/N(C)C)C[N+](=O)[O-]. The maximum absolute atomic E-state index is 12.0. The van der Waals surface area contributed by atoms with Gasteiger partial charge in [0.2, 0.25) is 6.54 Å².